The highest BCUT2D eigenvalue weighted by Gasteiger charge is 2.56. The van der Waals surface area contributed by atoms with Crippen molar-refractivity contribution in [3.8, 4) is 0 Å². The summed E-state index contributed by atoms with van der Waals surface area (Å²) >= 11 is 0. The summed E-state index contributed by atoms with van der Waals surface area (Å²) < 4.78 is 51.7. The zero-order chi connectivity index (χ0) is 25.4. The summed E-state index contributed by atoms with van der Waals surface area (Å²) in [6, 6.07) is 0. The summed E-state index contributed by atoms with van der Waals surface area (Å²) in [4.78, 5) is 51.6. The largest absolute Gasteiger partial charge is 0.490 e. The van der Waals surface area contributed by atoms with Crippen molar-refractivity contribution in [2.24, 2.45) is 0 Å². The predicted octanol–water partition coefficient (Wildman–Crippen LogP) is -1.90. The number of phosphoric ester groups is 1. The molecule has 1 aliphatic rings. The fourth-order valence-electron chi connectivity index (χ4n) is 2.90. The van der Waals surface area contributed by atoms with Gasteiger partial charge in [-0.15, -0.1) is 6.58 Å². The molecular weight excluding hydrogens is 517 g/mol. The molecule has 1 aliphatic heterocycles. The predicted molar refractivity (Wildman–Crippen MR) is 107 cm³/mol. The molecule has 0 amide bonds. The number of nitrogens with two attached hydrogens (primary N) is 2. The SMILES string of the molecule is C=CC[C@@]1(n2cc(N)c(N)nc2=O)O[C@H](COP(=O)(O)OP(=O)(O)OP(=O)(O)O)[C@@H](O)[C@H]1O. The second-order valence-corrected chi connectivity index (χ2v) is 11.0. The van der Waals surface area contributed by atoms with E-state index in [1.54, 1.807) is 0 Å². The molecule has 188 valence electrons. The number of ether oxygens (including phenoxy) is 1. The molecular formula is C12H21N4O14P3. The maximum Gasteiger partial charge on any atom is 0.490 e. The van der Waals surface area contributed by atoms with Gasteiger partial charge in [0.25, 0.3) is 0 Å². The van der Waals surface area contributed by atoms with Crippen LogP contribution in [-0.2, 0) is 37.3 Å². The normalized spacial score (nSPS) is 29.3. The van der Waals surface area contributed by atoms with Gasteiger partial charge >= 0.3 is 29.2 Å². The Kier molecular flexibility index (Phi) is 8.10. The quantitative estimate of drug-likeness (QED) is 0.119. The zero-order valence-corrected chi connectivity index (χ0v) is 19.0. The number of hydrogen-bond acceptors (Lipinski definition) is 13. The van der Waals surface area contributed by atoms with Crippen LogP contribution in [0.1, 0.15) is 6.42 Å². The van der Waals surface area contributed by atoms with Crippen molar-refractivity contribution in [1.82, 2.24) is 9.55 Å². The van der Waals surface area contributed by atoms with Gasteiger partial charge in [0.05, 0.1) is 12.3 Å². The van der Waals surface area contributed by atoms with Crippen LogP contribution < -0.4 is 17.2 Å². The number of nitrogens with zero attached hydrogens (tertiary/aromatic N) is 2. The van der Waals surface area contributed by atoms with E-state index in [0.717, 1.165) is 10.8 Å². The molecule has 2 rings (SSSR count). The number of anilines is 2. The van der Waals surface area contributed by atoms with Gasteiger partial charge in [0, 0.05) is 12.6 Å². The van der Waals surface area contributed by atoms with Gasteiger partial charge in [-0.2, -0.15) is 13.6 Å². The molecule has 0 bridgehead atoms. The molecule has 10 N–H and O–H groups in total. The van der Waals surface area contributed by atoms with Gasteiger partial charge < -0.3 is 46.0 Å². The maximum atomic E-state index is 12.3. The molecule has 0 aromatic carbocycles. The second-order valence-electron chi connectivity index (χ2n) is 6.55. The van der Waals surface area contributed by atoms with Crippen molar-refractivity contribution in [1.29, 1.82) is 0 Å². The minimum absolute atomic E-state index is 0.181. The average molecular weight is 538 g/mol. The Morgan fingerprint density at radius 2 is 1.79 bits per heavy atom. The maximum absolute atomic E-state index is 12.3. The van der Waals surface area contributed by atoms with Crippen molar-refractivity contribution in [3.63, 3.8) is 0 Å². The van der Waals surface area contributed by atoms with E-state index in [-0.39, 0.29) is 17.9 Å². The van der Waals surface area contributed by atoms with E-state index in [0.29, 0.717) is 0 Å². The number of aliphatic hydroxyl groups excluding tert-OH is 2. The fourth-order valence-corrected chi connectivity index (χ4v) is 5.93. The van der Waals surface area contributed by atoms with Crippen LogP contribution in [0.15, 0.2) is 23.6 Å². The third kappa shape index (κ3) is 6.55. The molecule has 21 heteroatoms. The van der Waals surface area contributed by atoms with Gasteiger partial charge in [-0.05, 0) is 0 Å². The third-order valence-corrected chi connectivity index (χ3v) is 7.97. The van der Waals surface area contributed by atoms with Gasteiger partial charge in [-0.25, -0.2) is 18.5 Å². The number of nitrogen functional groups attached to an aromatic ring is 2. The van der Waals surface area contributed by atoms with E-state index in [1.165, 1.54) is 6.08 Å². The topological polar surface area (TPSA) is 296 Å². The second kappa shape index (κ2) is 9.64. The lowest BCUT2D eigenvalue weighted by Crippen LogP contribution is -2.50. The fraction of sp³-hybridized carbons (Fsp3) is 0.500. The van der Waals surface area contributed by atoms with E-state index in [1.807, 2.05) is 0 Å². The minimum Gasteiger partial charge on any atom is -0.395 e. The lowest BCUT2D eigenvalue weighted by Gasteiger charge is -2.33. The van der Waals surface area contributed by atoms with Crippen LogP contribution in [0.5, 0.6) is 0 Å². The molecule has 1 fully saturated rings. The van der Waals surface area contributed by atoms with Gasteiger partial charge in [-0.1, -0.05) is 6.08 Å². The van der Waals surface area contributed by atoms with E-state index in [9.17, 15) is 33.6 Å². The van der Waals surface area contributed by atoms with Crippen LogP contribution in [0.4, 0.5) is 11.5 Å². The number of rotatable bonds is 10. The minimum atomic E-state index is -5.77. The first-order valence-electron chi connectivity index (χ1n) is 8.51. The Balaban J connectivity index is 2.27. The molecule has 1 aromatic heterocycles. The molecule has 1 aromatic rings. The number of phosphoric acid groups is 3. The Morgan fingerprint density at radius 3 is 2.33 bits per heavy atom. The van der Waals surface area contributed by atoms with Crippen LogP contribution in [0.3, 0.4) is 0 Å². The first kappa shape index (κ1) is 27.8. The van der Waals surface area contributed by atoms with E-state index in [4.69, 9.17) is 30.9 Å². The highest BCUT2D eigenvalue weighted by molar-refractivity contribution is 7.66. The first-order valence-corrected chi connectivity index (χ1v) is 13.0. The summed E-state index contributed by atoms with van der Waals surface area (Å²) in [5.41, 5.74) is 7.81. The summed E-state index contributed by atoms with van der Waals surface area (Å²) in [6.07, 6.45) is -3.54. The Morgan fingerprint density at radius 1 is 1.18 bits per heavy atom. The summed E-state index contributed by atoms with van der Waals surface area (Å²) in [5.74, 6) is -0.317. The van der Waals surface area contributed by atoms with Gasteiger partial charge in [-0.3, -0.25) is 9.09 Å². The van der Waals surface area contributed by atoms with E-state index < -0.39 is 59.8 Å². The van der Waals surface area contributed by atoms with Gasteiger partial charge in [0.2, 0.25) is 0 Å². The van der Waals surface area contributed by atoms with Gasteiger partial charge in [0.15, 0.2) is 11.5 Å². The molecule has 0 saturated carbocycles. The number of hydrogen-bond donors (Lipinski definition) is 8. The Labute approximate surface area is 184 Å². The smallest absolute Gasteiger partial charge is 0.395 e. The standard InChI is InChI=1S/C12H21N4O14P3/c1-2-3-12(16-4-6(13)10(14)15-11(16)19)9(18)8(17)7(28-12)5-27-32(23,24)30-33(25,26)29-31(20,21)22/h2,4,7-9,17-18H,1,3,5,13H2,(H,23,24)(H,25,26)(H2,14,15,19)(H2,20,21,22)/t7-,8-,9-,12-/m1/s1. The van der Waals surface area contributed by atoms with E-state index in [2.05, 4.69) is 24.7 Å². The Bertz CT molecular complexity index is 1110. The van der Waals surface area contributed by atoms with Crippen LogP contribution >= 0.6 is 23.5 Å². The average Bonchev–Trinajstić information content (AvgIpc) is 2.86. The molecule has 0 spiro atoms. The van der Waals surface area contributed by atoms with Crippen molar-refractivity contribution in [2.75, 3.05) is 18.1 Å². The summed E-state index contributed by atoms with van der Waals surface area (Å²) in [7, 11) is -16.9. The summed E-state index contributed by atoms with van der Waals surface area (Å²) in [6.45, 7) is 2.38. The van der Waals surface area contributed by atoms with Crippen molar-refractivity contribution in [3.05, 3.63) is 29.3 Å². The molecule has 0 radical (unpaired) electrons. The van der Waals surface area contributed by atoms with Crippen molar-refractivity contribution in [2.45, 2.75) is 30.5 Å². The van der Waals surface area contributed by atoms with E-state index >= 15 is 0 Å². The zero-order valence-electron chi connectivity index (χ0n) is 16.3. The van der Waals surface area contributed by atoms with Crippen LogP contribution in [-0.4, -0.2) is 64.3 Å². The number of aliphatic hydroxyl groups is 2. The molecule has 33 heavy (non-hydrogen) atoms. The summed E-state index contributed by atoms with van der Waals surface area (Å²) in [5, 5.41) is 21.0. The van der Waals surface area contributed by atoms with Crippen LogP contribution in [0.25, 0.3) is 0 Å². The molecule has 2 unspecified atom stereocenters. The lowest BCUT2D eigenvalue weighted by atomic mass is 9.99. The molecule has 18 nitrogen and oxygen atoms in total. The molecule has 6 atom stereocenters. The van der Waals surface area contributed by atoms with Crippen molar-refractivity contribution < 1.29 is 61.4 Å². The lowest BCUT2D eigenvalue weighted by molar-refractivity contribution is -0.147. The molecule has 0 aliphatic carbocycles. The van der Waals surface area contributed by atoms with Crippen molar-refractivity contribution >= 4 is 35.0 Å². The highest BCUT2D eigenvalue weighted by atomic mass is 31.3. The Hall–Kier alpha value is -1.49. The molecule has 2 heterocycles. The third-order valence-electron chi connectivity index (χ3n) is 4.17. The monoisotopic (exact) mass is 538 g/mol. The highest BCUT2D eigenvalue weighted by Crippen LogP contribution is 2.66. The van der Waals surface area contributed by atoms with Gasteiger partial charge in [0.1, 0.15) is 18.3 Å². The first-order chi connectivity index (χ1) is 14.9. The van der Waals surface area contributed by atoms with Crippen LogP contribution in [0, 0.1) is 0 Å². The number of aromatic nitrogens is 2. The molecule has 1 saturated heterocycles. The van der Waals surface area contributed by atoms with Crippen LogP contribution in [0.2, 0.25) is 0 Å².